The second-order valence-corrected chi connectivity index (χ2v) is 4.19. The number of esters is 2. The Morgan fingerprint density at radius 1 is 1.11 bits per heavy atom. The summed E-state index contributed by atoms with van der Waals surface area (Å²) in [7, 11) is 0. The summed E-state index contributed by atoms with van der Waals surface area (Å²) in [5.74, 6) is -0.597. The van der Waals surface area contributed by atoms with Crippen LogP contribution in [0.5, 0.6) is 0 Å². The molecule has 0 fully saturated rings. The lowest BCUT2D eigenvalue weighted by molar-refractivity contribution is -0.143. The normalized spacial score (nSPS) is 10.1. The van der Waals surface area contributed by atoms with Gasteiger partial charge in [0.05, 0.1) is 18.8 Å². The standard InChI is InChI=1S/C15H20O4/c1-4-18-14(16)9-7-12-10-11(3)6-8-13(12)15(17)19-5-2/h6,8,10H,4-5,7,9H2,1-3H3. The molecule has 0 amide bonds. The molecule has 0 aliphatic rings. The second-order valence-electron chi connectivity index (χ2n) is 4.19. The fourth-order valence-electron chi connectivity index (χ4n) is 1.81. The third-order valence-electron chi connectivity index (χ3n) is 2.66. The Kier molecular flexibility index (Phi) is 6.06. The lowest BCUT2D eigenvalue weighted by Gasteiger charge is -2.09. The van der Waals surface area contributed by atoms with Crippen LogP contribution in [0, 0.1) is 6.92 Å². The molecule has 1 aromatic carbocycles. The summed E-state index contributed by atoms with van der Waals surface area (Å²) < 4.78 is 9.89. The highest BCUT2D eigenvalue weighted by Gasteiger charge is 2.13. The lowest BCUT2D eigenvalue weighted by Crippen LogP contribution is -2.11. The van der Waals surface area contributed by atoms with Crippen molar-refractivity contribution in [2.75, 3.05) is 13.2 Å². The van der Waals surface area contributed by atoms with E-state index < -0.39 is 0 Å². The van der Waals surface area contributed by atoms with Crippen LogP contribution in [0.4, 0.5) is 0 Å². The van der Waals surface area contributed by atoms with E-state index in [4.69, 9.17) is 9.47 Å². The van der Waals surface area contributed by atoms with Crippen LogP contribution in [0.3, 0.4) is 0 Å². The van der Waals surface area contributed by atoms with E-state index in [0.717, 1.165) is 11.1 Å². The summed E-state index contributed by atoms with van der Waals surface area (Å²) in [6, 6.07) is 5.51. The molecule has 4 heteroatoms. The second kappa shape index (κ2) is 7.56. The van der Waals surface area contributed by atoms with Gasteiger partial charge in [0.25, 0.3) is 0 Å². The van der Waals surface area contributed by atoms with Gasteiger partial charge < -0.3 is 9.47 Å². The molecule has 0 spiro atoms. The van der Waals surface area contributed by atoms with Gasteiger partial charge >= 0.3 is 11.9 Å². The summed E-state index contributed by atoms with van der Waals surface area (Å²) in [5, 5.41) is 0. The summed E-state index contributed by atoms with van der Waals surface area (Å²) in [5.41, 5.74) is 2.40. The SMILES string of the molecule is CCOC(=O)CCc1cc(C)ccc1C(=O)OCC. The molecule has 19 heavy (non-hydrogen) atoms. The molecular formula is C15H20O4. The molecule has 0 radical (unpaired) electrons. The van der Waals surface area contributed by atoms with Crippen LogP contribution >= 0.6 is 0 Å². The van der Waals surface area contributed by atoms with Crippen LogP contribution in [0.25, 0.3) is 0 Å². The Morgan fingerprint density at radius 3 is 2.42 bits per heavy atom. The van der Waals surface area contributed by atoms with E-state index in [1.807, 2.05) is 19.1 Å². The number of hydrogen-bond donors (Lipinski definition) is 0. The van der Waals surface area contributed by atoms with Crippen molar-refractivity contribution in [3.63, 3.8) is 0 Å². The van der Waals surface area contributed by atoms with E-state index in [2.05, 4.69) is 0 Å². The van der Waals surface area contributed by atoms with Gasteiger partial charge in [-0.15, -0.1) is 0 Å². The molecule has 104 valence electrons. The van der Waals surface area contributed by atoms with E-state index in [-0.39, 0.29) is 18.4 Å². The zero-order chi connectivity index (χ0) is 14.3. The Balaban J connectivity index is 2.82. The van der Waals surface area contributed by atoms with Crippen molar-refractivity contribution in [3.8, 4) is 0 Å². The van der Waals surface area contributed by atoms with Crippen molar-refractivity contribution in [2.45, 2.75) is 33.6 Å². The zero-order valence-electron chi connectivity index (χ0n) is 11.7. The van der Waals surface area contributed by atoms with Gasteiger partial charge in [-0.1, -0.05) is 17.7 Å². The molecule has 0 aliphatic carbocycles. The third kappa shape index (κ3) is 4.73. The maximum absolute atomic E-state index is 11.8. The van der Waals surface area contributed by atoms with Crippen LogP contribution in [0.1, 0.15) is 41.8 Å². The summed E-state index contributed by atoms with van der Waals surface area (Å²) >= 11 is 0. The molecule has 0 aliphatic heterocycles. The van der Waals surface area contributed by atoms with E-state index in [1.165, 1.54) is 0 Å². The molecule has 0 unspecified atom stereocenters. The third-order valence-corrected chi connectivity index (χ3v) is 2.66. The number of carbonyl (C=O) groups is 2. The highest BCUT2D eigenvalue weighted by atomic mass is 16.5. The van der Waals surface area contributed by atoms with Gasteiger partial charge in [-0.25, -0.2) is 4.79 Å². The van der Waals surface area contributed by atoms with Crippen molar-refractivity contribution in [1.29, 1.82) is 0 Å². The summed E-state index contributed by atoms with van der Waals surface area (Å²) in [6.45, 7) is 6.20. The number of hydrogen-bond acceptors (Lipinski definition) is 4. The Labute approximate surface area is 113 Å². The minimum Gasteiger partial charge on any atom is -0.466 e. The summed E-state index contributed by atoms with van der Waals surface area (Å²) in [4.78, 5) is 23.2. The van der Waals surface area contributed by atoms with Crippen LogP contribution in [0.2, 0.25) is 0 Å². The first-order valence-corrected chi connectivity index (χ1v) is 6.50. The molecule has 0 saturated carbocycles. The predicted octanol–water partition coefficient (Wildman–Crippen LogP) is 2.67. The smallest absolute Gasteiger partial charge is 0.338 e. The fourth-order valence-corrected chi connectivity index (χ4v) is 1.81. The maximum Gasteiger partial charge on any atom is 0.338 e. The first-order chi connectivity index (χ1) is 9.08. The topological polar surface area (TPSA) is 52.6 Å². The molecule has 0 aromatic heterocycles. The molecular weight excluding hydrogens is 244 g/mol. The fraction of sp³-hybridized carbons (Fsp3) is 0.467. The van der Waals surface area contributed by atoms with Gasteiger partial charge in [0.2, 0.25) is 0 Å². The van der Waals surface area contributed by atoms with Gasteiger partial charge in [-0.05, 0) is 38.8 Å². The Hall–Kier alpha value is -1.84. The van der Waals surface area contributed by atoms with E-state index in [9.17, 15) is 9.59 Å². The Morgan fingerprint density at radius 2 is 1.79 bits per heavy atom. The number of aryl methyl sites for hydroxylation is 2. The molecule has 0 N–H and O–H groups in total. The van der Waals surface area contributed by atoms with Crippen molar-refractivity contribution >= 4 is 11.9 Å². The quantitative estimate of drug-likeness (QED) is 0.741. The average molecular weight is 264 g/mol. The number of ether oxygens (including phenoxy) is 2. The summed E-state index contributed by atoms with van der Waals surface area (Å²) in [6.07, 6.45) is 0.748. The molecule has 1 aromatic rings. The average Bonchev–Trinajstić information content (AvgIpc) is 2.37. The van der Waals surface area contributed by atoms with Gasteiger partial charge in [0.15, 0.2) is 0 Å². The van der Waals surface area contributed by atoms with Gasteiger partial charge in [-0.3, -0.25) is 4.79 Å². The van der Waals surface area contributed by atoms with Crippen LogP contribution in [-0.2, 0) is 20.7 Å². The maximum atomic E-state index is 11.8. The monoisotopic (exact) mass is 264 g/mol. The van der Waals surface area contributed by atoms with Crippen LogP contribution in [0.15, 0.2) is 18.2 Å². The Bertz CT molecular complexity index is 451. The molecule has 0 saturated heterocycles. The minimum absolute atomic E-state index is 0.251. The van der Waals surface area contributed by atoms with Crippen LogP contribution in [-0.4, -0.2) is 25.2 Å². The highest BCUT2D eigenvalue weighted by molar-refractivity contribution is 5.91. The zero-order valence-corrected chi connectivity index (χ0v) is 11.7. The van der Waals surface area contributed by atoms with Crippen molar-refractivity contribution in [3.05, 3.63) is 34.9 Å². The molecule has 0 bridgehead atoms. The largest absolute Gasteiger partial charge is 0.466 e. The van der Waals surface area contributed by atoms with Gasteiger partial charge in [-0.2, -0.15) is 0 Å². The minimum atomic E-state index is -0.346. The van der Waals surface area contributed by atoms with Crippen molar-refractivity contribution in [2.24, 2.45) is 0 Å². The molecule has 1 rings (SSSR count). The van der Waals surface area contributed by atoms with Gasteiger partial charge in [0.1, 0.15) is 0 Å². The first-order valence-electron chi connectivity index (χ1n) is 6.50. The number of rotatable bonds is 6. The molecule has 0 heterocycles. The van der Waals surface area contributed by atoms with Crippen molar-refractivity contribution < 1.29 is 19.1 Å². The molecule has 4 nitrogen and oxygen atoms in total. The number of benzene rings is 1. The predicted molar refractivity (Wildman–Crippen MR) is 72.1 cm³/mol. The van der Waals surface area contributed by atoms with Crippen LogP contribution < -0.4 is 0 Å². The van der Waals surface area contributed by atoms with Gasteiger partial charge in [0, 0.05) is 6.42 Å². The van der Waals surface area contributed by atoms with Crippen molar-refractivity contribution in [1.82, 2.24) is 0 Å². The first kappa shape index (κ1) is 15.2. The highest BCUT2D eigenvalue weighted by Crippen LogP contribution is 2.15. The number of carbonyl (C=O) groups excluding carboxylic acids is 2. The lowest BCUT2D eigenvalue weighted by atomic mass is 10.0. The van der Waals surface area contributed by atoms with E-state index in [0.29, 0.717) is 25.2 Å². The van der Waals surface area contributed by atoms with E-state index >= 15 is 0 Å². The van der Waals surface area contributed by atoms with E-state index in [1.54, 1.807) is 19.9 Å². The molecule has 0 atom stereocenters.